The third-order valence-corrected chi connectivity index (χ3v) is 6.66. The van der Waals surface area contributed by atoms with Crippen LogP contribution in [0.1, 0.15) is 30.3 Å². The van der Waals surface area contributed by atoms with Crippen molar-refractivity contribution in [3.05, 3.63) is 83.2 Å². The van der Waals surface area contributed by atoms with E-state index in [0.717, 1.165) is 10.4 Å². The summed E-state index contributed by atoms with van der Waals surface area (Å²) in [6, 6.07) is 10.8. The van der Waals surface area contributed by atoms with E-state index in [1.54, 1.807) is 31.6 Å². The first kappa shape index (κ1) is 20.3. The van der Waals surface area contributed by atoms with Gasteiger partial charge in [0.05, 0.1) is 29.5 Å². The van der Waals surface area contributed by atoms with E-state index >= 15 is 0 Å². The molecule has 1 atom stereocenters. The molecule has 6 nitrogen and oxygen atoms in total. The number of methoxy groups -OCH3 is 1. The number of esters is 1. The summed E-state index contributed by atoms with van der Waals surface area (Å²) in [6.45, 7) is 3.80. The van der Waals surface area contributed by atoms with Crippen molar-refractivity contribution in [3.63, 3.8) is 0 Å². The largest absolute Gasteiger partial charge is 0.496 e. The van der Waals surface area contributed by atoms with Crippen LogP contribution in [0.4, 0.5) is 0 Å². The van der Waals surface area contributed by atoms with Crippen LogP contribution in [0.5, 0.6) is 5.75 Å². The van der Waals surface area contributed by atoms with Gasteiger partial charge in [0.25, 0.3) is 5.56 Å². The van der Waals surface area contributed by atoms with Crippen LogP contribution in [-0.4, -0.2) is 24.3 Å². The van der Waals surface area contributed by atoms with E-state index in [4.69, 9.17) is 9.47 Å². The van der Waals surface area contributed by atoms with Crippen LogP contribution in [-0.2, 0) is 9.53 Å². The molecule has 4 rings (SSSR count). The molecule has 3 aromatic rings. The Morgan fingerprint density at radius 1 is 1.27 bits per heavy atom. The van der Waals surface area contributed by atoms with Crippen molar-refractivity contribution in [2.75, 3.05) is 13.7 Å². The predicted octanol–water partition coefficient (Wildman–Crippen LogP) is 2.87. The van der Waals surface area contributed by atoms with Crippen LogP contribution in [0.3, 0.4) is 0 Å². The lowest BCUT2D eigenvalue weighted by molar-refractivity contribution is -0.139. The van der Waals surface area contributed by atoms with Crippen LogP contribution in [0.15, 0.2) is 62.8 Å². The monoisotopic (exact) mass is 440 g/mol. The summed E-state index contributed by atoms with van der Waals surface area (Å²) in [6.07, 6.45) is 1.80. The van der Waals surface area contributed by atoms with Gasteiger partial charge in [0.1, 0.15) is 11.8 Å². The summed E-state index contributed by atoms with van der Waals surface area (Å²) in [7, 11) is 1.60. The molecule has 154 valence electrons. The van der Waals surface area contributed by atoms with Gasteiger partial charge in [-0.2, -0.15) is 0 Å². The lowest BCUT2D eigenvalue weighted by atomic mass is 10.0. The fourth-order valence-corrected chi connectivity index (χ4v) is 5.30. The van der Waals surface area contributed by atoms with Crippen molar-refractivity contribution in [2.24, 2.45) is 4.99 Å². The maximum absolute atomic E-state index is 13.4. The van der Waals surface area contributed by atoms with Gasteiger partial charge in [-0.25, -0.2) is 9.79 Å². The minimum absolute atomic E-state index is 0.197. The van der Waals surface area contributed by atoms with E-state index < -0.39 is 12.0 Å². The highest BCUT2D eigenvalue weighted by Gasteiger charge is 2.33. The summed E-state index contributed by atoms with van der Waals surface area (Å²) in [5, 5.41) is 1.93. The average molecular weight is 441 g/mol. The van der Waals surface area contributed by atoms with Gasteiger partial charge in [0.2, 0.25) is 0 Å². The minimum Gasteiger partial charge on any atom is -0.496 e. The Morgan fingerprint density at radius 2 is 2.07 bits per heavy atom. The maximum atomic E-state index is 13.4. The molecular formula is C22H20N2O4S2. The molecular weight excluding hydrogens is 420 g/mol. The molecule has 0 saturated carbocycles. The topological polar surface area (TPSA) is 69.9 Å². The van der Waals surface area contributed by atoms with Crippen LogP contribution < -0.4 is 19.6 Å². The number of para-hydroxylation sites is 1. The second kappa shape index (κ2) is 8.41. The van der Waals surface area contributed by atoms with Crippen LogP contribution >= 0.6 is 22.7 Å². The van der Waals surface area contributed by atoms with Crippen molar-refractivity contribution in [2.45, 2.75) is 19.9 Å². The summed E-state index contributed by atoms with van der Waals surface area (Å²) >= 11 is 2.79. The zero-order chi connectivity index (χ0) is 21.3. The van der Waals surface area contributed by atoms with Crippen LogP contribution in [0.2, 0.25) is 0 Å². The molecule has 3 heterocycles. The van der Waals surface area contributed by atoms with Crippen molar-refractivity contribution >= 4 is 34.7 Å². The van der Waals surface area contributed by atoms with Crippen molar-refractivity contribution < 1.29 is 14.3 Å². The molecule has 0 aliphatic carbocycles. The first-order valence-electron chi connectivity index (χ1n) is 9.41. The van der Waals surface area contributed by atoms with Gasteiger partial charge in [0, 0.05) is 10.4 Å². The molecule has 30 heavy (non-hydrogen) atoms. The fourth-order valence-electron chi connectivity index (χ4n) is 3.43. The van der Waals surface area contributed by atoms with Gasteiger partial charge in [-0.15, -0.1) is 11.3 Å². The highest BCUT2D eigenvalue weighted by atomic mass is 32.1. The second-order valence-corrected chi connectivity index (χ2v) is 8.55. The molecule has 0 spiro atoms. The fraction of sp³-hybridized carbons (Fsp3) is 0.227. The Kier molecular flexibility index (Phi) is 5.69. The quantitative estimate of drug-likeness (QED) is 0.572. The number of carbonyl (C=O) groups is 1. The molecule has 0 bridgehead atoms. The number of benzene rings is 1. The first-order chi connectivity index (χ1) is 14.5. The Morgan fingerprint density at radius 3 is 2.77 bits per heavy atom. The molecule has 0 unspecified atom stereocenters. The number of aromatic nitrogens is 1. The highest BCUT2D eigenvalue weighted by Crippen LogP contribution is 2.33. The third kappa shape index (κ3) is 3.53. The summed E-state index contributed by atoms with van der Waals surface area (Å²) in [4.78, 5) is 32.2. The maximum Gasteiger partial charge on any atom is 0.338 e. The van der Waals surface area contributed by atoms with E-state index in [1.807, 2.05) is 41.8 Å². The van der Waals surface area contributed by atoms with E-state index in [0.29, 0.717) is 26.4 Å². The Hall–Kier alpha value is -2.97. The number of allylic oxidation sites excluding steroid dienone is 1. The van der Waals surface area contributed by atoms with Crippen LogP contribution in [0, 0.1) is 0 Å². The molecule has 1 aliphatic heterocycles. The molecule has 2 aromatic heterocycles. The molecule has 1 aromatic carbocycles. The predicted molar refractivity (Wildman–Crippen MR) is 118 cm³/mol. The first-order valence-corrected chi connectivity index (χ1v) is 11.1. The number of hydrogen-bond acceptors (Lipinski definition) is 7. The second-order valence-electron chi connectivity index (χ2n) is 6.56. The van der Waals surface area contributed by atoms with Crippen molar-refractivity contribution in [1.29, 1.82) is 0 Å². The standard InChI is InChI=1S/C22H20N2O4S2/c1-4-28-21(26)18-13(2)23-22-24(19(18)16-10-7-11-29-16)20(25)17(30-22)12-14-8-5-6-9-15(14)27-3/h5-12,19H,4H2,1-3H3/b17-12+/t19-/m1/s1. The SMILES string of the molecule is CCOC(=O)C1=C(C)N=c2s/c(=C/c3ccccc3OC)c(=O)n2[C@@H]1c1cccs1. The van der Waals surface area contributed by atoms with Gasteiger partial charge >= 0.3 is 5.97 Å². The minimum atomic E-state index is -0.555. The molecule has 8 heteroatoms. The van der Waals surface area contributed by atoms with Gasteiger partial charge in [-0.05, 0) is 37.4 Å². The zero-order valence-corrected chi connectivity index (χ0v) is 18.4. The molecule has 0 fully saturated rings. The van der Waals surface area contributed by atoms with E-state index in [-0.39, 0.29) is 12.2 Å². The molecule has 0 N–H and O–H groups in total. The summed E-state index contributed by atoms with van der Waals surface area (Å²) in [5.41, 5.74) is 1.57. The highest BCUT2D eigenvalue weighted by molar-refractivity contribution is 7.10. The number of hydrogen-bond donors (Lipinski definition) is 0. The molecule has 1 aliphatic rings. The van der Waals surface area contributed by atoms with Crippen molar-refractivity contribution in [1.82, 2.24) is 4.57 Å². The Labute approximate surface area is 181 Å². The van der Waals surface area contributed by atoms with Gasteiger partial charge in [-0.3, -0.25) is 9.36 Å². The normalized spacial score (nSPS) is 16.2. The number of carbonyl (C=O) groups excluding carboxylic acids is 1. The Bertz CT molecular complexity index is 1300. The average Bonchev–Trinajstić information content (AvgIpc) is 3.36. The van der Waals surface area contributed by atoms with Gasteiger partial charge in [-0.1, -0.05) is 35.6 Å². The number of rotatable bonds is 5. The summed E-state index contributed by atoms with van der Waals surface area (Å²) < 4.78 is 12.8. The number of thiophene rings is 1. The molecule has 0 radical (unpaired) electrons. The van der Waals surface area contributed by atoms with E-state index in [2.05, 4.69) is 4.99 Å². The smallest absolute Gasteiger partial charge is 0.338 e. The van der Waals surface area contributed by atoms with E-state index in [9.17, 15) is 9.59 Å². The number of thiazole rings is 1. The summed E-state index contributed by atoms with van der Waals surface area (Å²) in [5.74, 6) is 0.234. The van der Waals surface area contributed by atoms with Crippen LogP contribution in [0.25, 0.3) is 6.08 Å². The van der Waals surface area contributed by atoms with Gasteiger partial charge in [0.15, 0.2) is 4.80 Å². The van der Waals surface area contributed by atoms with Gasteiger partial charge < -0.3 is 9.47 Å². The molecule has 0 amide bonds. The molecule has 0 saturated heterocycles. The van der Waals surface area contributed by atoms with Crippen molar-refractivity contribution in [3.8, 4) is 5.75 Å². The zero-order valence-electron chi connectivity index (χ0n) is 16.7. The lowest BCUT2D eigenvalue weighted by Gasteiger charge is -2.23. The number of nitrogens with zero attached hydrogens (tertiary/aromatic N) is 2. The lowest BCUT2D eigenvalue weighted by Crippen LogP contribution is -2.39. The number of ether oxygens (including phenoxy) is 2. The number of fused-ring (bicyclic) bond motifs is 1. The third-order valence-electron chi connectivity index (χ3n) is 4.76. The Balaban J connectivity index is 1.95. The van der Waals surface area contributed by atoms with E-state index in [1.165, 1.54) is 22.7 Å².